The lowest BCUT2D eigenvalue weighted by atomic mass is 9.77. The molecule has 15 atom stereocenters. The van der Waals surface area contributed by atoms with E-state index < -0.39 is 23.9 Å². The van der Waals surface area contributed by atoms with Crippen molar-refractivity contribution in [3.63, 3.8) is 0 Å². The van der Waals surface area contributed by atoms with Crippen molar-refractivity contribution in [2.45, 2.75) is 312 Å². The average molecular weight is 1930 g/mol. The Labute approximate surface area is 816 Å². The van der Waals surface area contributed by atoms with Crippen LogP contribution >= 0.6 is 15.9 Å². The summed E-state index contributed by atoms with van der Waals surface area (Å²) in [5.41, 5.74) is 13.5. The lowest BCUT2D eigenvalue weighted by molar-refractivity contribution is 0.00578. The van der Waals surface area contributed by atoms with E-state index in [0.717, 1.165) is 118 Å². The number of aromatic nitrogens is 10. The van der Waals surface area contributed by atoms with Gasteiger partial charge in [0.15, 0.2) is 0 Å². The molecule has 10 aromatic heterocycles. The topological polar surface area (TPSA) is 306 Å². The van der Waals surface area contributed by atoms with Crippen LogP contribution in [0.15, 0.2) is 188 Å². The Morgan fingerprint density at radius 1 is 0.358 bits per heavy atom. The molecule has 2 N–H and O–H groups in total. The Hall–Kier alpha value is -11.3. The molecular formula is C107H135BBrN15O13. The van der Waals surface area contributed by atoms with Crippen molar-refractivity contribution in [1.82, 2.24) is 75.2 Å². The summed E-state index contributed by atoms with van der Waals surface area (Å²) in [4.78, 5) is 87.1. The van der Waals surface area contributed by atoms with E-state index >= 15 is 0 Å². The summed E-state index contributed by atoms with van der Waals surface area (Å²) in [6, 6.07) is 34.4. The highest BCUT2D eigenvalue weighted by Crippen LogP contribution is 2.52. The molecule has 11 aliphatic rings. The van der Waals surface area contributed by atoms with Gasteiger partial charge in [0.2, 0.25) is 29.4 Å². The molecule has 28 nitrogen and oxygen atoms in total. The second-order valence-corrected chi connectivity index (χ2v) is 42.3. The molecule has 726 valence electrons. The van der Waals surface area contributed by atoms with Crippen LogP contribution in [0.1, 0.15) is 251 Å². The van der Waals surface area contributed by atoms with Crippen LogP contribution in [0.25, 0.3) is 44.5 Å². The molecule has 0 saturated carbocycles. The molecule has 21 rings (SSSR count). The van der Waals surface area contributed by atoms with Crippen LogP contribution in [0.5, 0.6) is 29.4 Å². The van der Waals surface area contributed by atoms with Crippen LogP contribution in [0.2, 0.25) is 0 Å². The number of methoxy groups -OCH3 is 5. The van der Waals surface area contributed by atoms with E-state index in [-0.39, 0.29) is 79.1 Å². The smallest absolute Gasteiger partial charge is 0.481 e. The second-order valence-electron chi connectivity index (χ2n) is 41.4. The average Bonchev–Trinajstić information content (AvgIpc) is 1.62. The van der Waals surface area contributed by atoms with Gasteiger partial charge in [-0.2, -0.15) is 0 Å². The van der Waals surface area contributed by atoms with Crippen molar-refractivity contribution in [3.05, 3.63) is 216 Å². The third-order valence-corrected chi connectivity index (χ3v) is 29.0. The Balaban J connectivity index is 0.000000127. The fourth-order valence-electron chi connectivity index (χ4n) is 21.6. The fraction of sp³-hybridized carbons (Fsp3) is 0.505. The molecule has 137 heavy (non-hydrogen) atoms. The van der Waals surface area contributed by atoms with Crippen molar-refractivity contribution < 1.29 is 61.6 Å². The minimum atomic E-state index is -0.479. The SMILES string of the molecule is C.CC(C)(C)OC(=O)N1C2CCC1C(c1cncc(B3OC(C)(C)C(C)(C)O3)c1)C2.COc1cc(-c2cncc(C3CC4CCC3N4)c2)ccn1.COc1cc(-c2cncc(C3CC4CCC3N4)c2)ccn1.COc1cc(-c2cncc(C3CC4CCC3N4C(=O)OC(C)(C)C)c2)ccn1.COc1cc(-c2cncc(C3CC4CCC3N4C(=O)OC(C)(C)C)c2)ccn1.COc1cc(Br)ccn1. The van der Waals surface area contributed by atoms with E-state index in [4.69, 9.17) is 47.2 Å². The summed E-state index contributed by atoms with van der Waals surface area (Å²) >= 11 is 3.28. The highest BCUT2D eigenvalue weighted by molar-refractivity contribution is 9.10. The zero-order valence-electron chi connectivity index (χ0n) is 81.7. The minimum Gasteiger partial charge on any atom is -0.481 e. The number of hydrogen-bond acceptors (Lipinski definition) is 25. The number of nitrogens with zero attached hydrogens (tertiary/aromatic N) is 13. The number of amides is 3. The Kier molecular flexibility index (Phi) is 31.1. The molecule has 11 saturated heterocycles. The number of carbonyl (C=O) groups excluding carboxylic acids is 3. The molecule has 10 bridgehead atoms. The number of hydrogen-bond donors (Lipinski definition) is 2. The van der Waals surface area contributed by atoms with Crippen LogP contribution in [-0.2, 0) is 23.5 Å². The number of nitrogens with one attached hydrogen (secondary N) is 2. The maximum atomic E-state index is 12.8. The van der Waals surface area contributed by atoms with Gasteiger partial charge in [0.05, 0.1) is 46.8 Å². The second kappa shape index (κ2) is 42.6. The standard InChI is InChI=1S/C22H33BN2O4.2C22H27N3O3.2C17H19N3O.C6H6BrNO.CH4/c1-20(2,3)27-19(26)25-16-8-9-18(25)17(11-16)14-10-15(13-24-12-14)23-28-21(4,5)22(6,7)29-23;2*1-22(2,3)28-21(26)25-17-5-6-19(25)18(11-17)16-9-15(12-23-13-16)14-7-8-24-20(10-14)27-4;2*1-21-17-7-11(4-5-19-17)12-6-13(10-18-9-12)15-8-14-2-3-16(15)20-14;1-9-6-4-5(7)2-3-8-6;/h10,12-13,16-18H,8-9,11H2,1-7H3;2*7-10,12-13,17-19H,5-6,11H2,1-4H3;2*4-7,9-10,14-16,20H,2-3,8H2,1H3;2-4H,1H3;1H4. The molecule has 3 amide bonds. The summed E-state index contributed by atoms with van der Waals surface area (Å²) in [5.74, 6) is 5.15. The van der Waals surface area contributed by atoms with E-state index in [0.29, 0.717) is 77.2 Å². The summed E-state index contributed by atoms with van der Waals surface area (Å²) in [7, 11) is 7.67. The molecule has 0 spiro atoms. The van der Waals surface area contributed by atoms with Crippen molar-refractivity contribution in [1.29, 1.82) is 0 Å². The quantitative estimate of drug-likeness (QED) is 0.0711. The third kappa shape index (κ3) is 23.7. The normalized spacial score (nSPS) is 24.9. The summed E-state index contributed by atoms with van der Waals surface area (Å²) < 4.78 is 56.1. The molecule has 11 aliphatic heterocycles. The van der Waals surface area contributed by atoms with Crippen molar-refractivity contribution in [2.75, 3.05) is 35.5 Å². The maximum absolute atomic E-state index is 12.8. The summed E-state index contributed by atoms with van der Waals surface area (Å²) in [6.07, 6.45) is 44.2. The molecule has 21 heterocycles. The molecule has 0 aromatic carbocycles. The van der Waals surface area contributed by atoms with E-state index in [2.05, 4.69) is 134 Å². The lowest BCUT2D eigenvalue weighted by Crippen LogP contribution is -2.41. The molecule has 30 heteroatoms. The Morgan fingerprint density at radius 2 is 0.642 bits per heavy atom. The van der Waals surface area contributed by atoms with Crippen LogP contribution < -0.4 is 39.8 Å². The number of rotatable bonds is 15. The molecule has 10 aromatic rings. The van der Waals surface area contributed by atoms with Gasteiger partial charge in [-0.05, 0) is 291 Å². The van der Waals surface area contributed by atoms with Crippen LogP contribution in [0, 0.1) is 0 Å². The number of fused-ring (bicyclic) bond motifs is 10. The van der Waals surface area contributed by atoms with Gasteiger partial charge >= 0.3 is 25.4 Å². The molecule has 15 unspecified atom stereocenters. The zero-order valence-corrected chi connectivity index (χ0v) is 83.2. The fourth-order valence-corrected chi connectivity index (χ4v) is 21.9. The highest BCUT2D eigenvalue weighted by Gasteiger charge is 2.56. The first kappa shape index (κ1) is 100. The van der Waals surface area contributed by atoms with Gasteiger partial charge in [0, 0.05) is 245 Å². The largest absolute Gasteiger partial charge is 0.496 e. The van der Waals surface area contributed by atoms with Crippen LogP contribution in [0.3, 0.4) is 0 Å². The molecule has 0 aliphatic carbocycles. The first-order valence-electron chi connectivity index (χ1n) is 47.9. The highest BCUT2D eigenvalue weighted by atomic mass is 79.9. The Morgan fingerprint density at radius 3 is 0.912 bits per heavy atom. The van der Waals surface area contributed by atoms with Gasteiger partial charge < -0.3 is 72.5 Å². The predicted octanol–water partition coefficient (Wildman–Crippen LogP) is 20.5. The van der Waals surface area contributed by atoms with Gasteiger partial charge in [0.25, 0.3) is 0 Å². The van der Waals surface area contributed by atoms with E-state index in [1.807, 2.05) is 194 Å². The predicted molar refractivity (Wildman–Crippen MR) is 533 cm³/mol. The Bertz CT molecular complexity index is 5560. The summed E-state index contributed by atoms with van der Waals surface area (Å²) in [5, 5.41) is 7.39. The first-order chi connectivity index (χ1) is 65.1. The van der Waals surface area contributed by atoms with Crippen molar-refractivity contribution >= 4 is 46.8 Å². The van der Waals surface area contributed by atoms with E-state index in [9.17, 15) is 14.4 Å². The molecule has 11 fully saturated rings. The monoisotopic (exact) mass is 1930 g/mol. The third-order valence-electron chi connectivity index (χ3n) is 28.5. The van der Waals surface area contributed by atoms with Crippen LogP contribution in [-0.4, -0.2) is 214 Å². The van der Waals surface area contributed by atoms with Crippen molar-refractivity contribution in [2.24, 2.45) is 0 Å². The lowest BCUT2D eigenvalue weighted by Gasteiger charge is -2.32. The van der Waals surface area contributed by atoms with Crippen molar-refractivity contribution in [3.8, 4) is 73.9 Å². The first-order valence-corrected chi connectivity index (χ1v) is 48.7. The number of halogens is 1. The zero-order chi connectivity index (χ0) is 96.1. The van der Waals surface area contributed by atoms with Gasteiger partial charge in [-0.25, -0.2) is 39.3 Å². The molecule has 0 radical (unpaired) electrons. The maximum Gasteiger partial charge on any atom is 0.496 e. The van der Waals surface area contributed by atoms with E-state index in [1.54, 1.807) is 72.6 Å². The number of carbonyl (C=O) groups is 3. The molecular weight excluding hydrogens is 1790 g/mol. The number of pyridine rings is 10. The van der Waals surface area contributed by atoms with Crippen LogP contribution in [0.4, 0.5) is 14.4 Å². The van der Waals surface area contributed by atoms with Gasteiger partial charge in [0.1, 0.15) is 16.8 Å². The number of ether oxygens (including phenoxy) is 8. The van der Waals surface area contributed by atoms with Gasteiger partial charge in [-0.1, -0.05) is 29.4 Å². The van der Waals surface area contributed by atoms with Gasteiger partial charge in [-0.15, -0.1) is 0 Å². The minimum absolute atomic E-state index is 0. The van der Waals surface area contributed by atoms with Gasteiger partial charge in [-0.3, -0.25) is 24.9 Å². The van der Waals surface area contributed by atoms with E-state index in [1.165, 1.54) is 60.8 Å². The summed E-state index contributed by atoms with van der Waals surface area (Å²) in [6.45, 7) is 25.4.